The SMILES string of the molecule is CCC(C)OC(=O)N(CC)CC. The fraction of sp³-hybridized carbons (Fsp3) is 0.889. The molecule has 72 valence electrons. The Kier molecular flexibility index (Phi) is 5.51. The van der Waals surface area contributed by atoms with E-state index in [1.807, 2.05) is 27.7 Å². The molecule has 0 N–H and O–H groups in total. The quantitative estimate of drug-likeness (QED) is 0.652. The molecule has 0 aliphatic carbocycles. The van der Waals surface area contributed by atoms with Crippen LogP contribution in [0.5, 0.6) is 0 Å². The zero-order valence-electron chi connectivity index (χ0n) is 8.46. The average Bonchev–Trinajstić information content (AvgIpc) is 2.06. The molecule has 0 saturated heterocycles. The van der Waals surface area contributed by atoms with E-state index >= 15 is 0 Å². The summed E-state index contributed by atoms with van der Waals surface area (Å²) in [6.07, 6.45) is 0.694. The highest BCUT2D eigenvalue weighted by Crippen LogP contribution is 2.00. The summed E-state index contributed by atoms with van der Waals surface area (Å²) < 4.78 is 5.13. The highest BCUT2D eigenvalue weighted by atomic mass is 16.6. The fourth-order valence-electron chi connectivity index (χ4n) is 0.812. The molecular weight excluding hydrogens is 154 g/mol. The maximum absolute atomic E-state index is 11.3. The molecule has 0 saturated carbocycles. The number of rotatable bonds is 4. The lowest BCUT2D eigenvalue weighted by Crippen LogP contribution is -2.33. The zero-order chi connectivity index (χ0) is 9.56. The lowest BCUT2D eigenvalue weighted by molar-refractivity contribution is 0.0713. The third-order valence-corrected chi connectivity index (χ3v) is 1.90. The minimum Gasteiger partial charge on any atom is -0.446 e. The Morgan fingerprint density at radius 3 is 2.17 bits per heavy atom. The Labute approximate surface area is 74.7 Å². The topological polar surface area (TPSA) is 29.5 Å². The number of carbonyl (C=O) groups excluding carboxylic acids is 1. The first-order chi connectivity index (χ1) is 5.65. The van der Waals surface area contributed by atoms with Crippen molar-refractivity contribution in [3.63, 3.8) is 0 Å². The average molecular weight is 173 g/mol. The number of amides is 1. The molecule has 0 aromatic rings. The Morgan fingerprint density at radius 1 is 1.33 bits per heavy atom. The van der Waals surface area contributed by atoms with Gasteiger partial charge in [0.25, 0.3) is 0 Å². The van der Waals surface area contributed by atoms with Crippen LogP contribution < -0.4 is 0 Å². The first kappa shape index (κ1) is 11.3. The standard InChI is InChI=1S/C9H19NO2/c1-5-8(4)12-9(11)10(6-2)7-3/h8H,5-7H2,1-4H3. The summed E-state index contributed by atoms with van der Waals surface area (Å²) in [5.74, 6) is 0. The van der Waals surface area contributed by atoms with Crippen LogP contribution in [0.1, 0.15) is 34.1 Å². The van der Waals surface area contributed by atoms with Crippen molar-refractivity contribution in [1.29, 1.82) is 0 Å². The van der Waals surface area contributed by atoms with Gasteiger partial charge in [-0.25, -0.2) is 4.79 Å². The summed E-state index contributed by atoms with van der Waals surface area (Å²) in [6.45, 7) is 9.22. The van der Waals surface area contributed by atoms with Gasteiger partial charge in [0, 0.05) is 13.1 Å². The van der Waals surface area contributed by atoms with Gasteiger partial charge in [0.1, 0.15) is 6.10 Å². The van der Waals surface area contributed by atoms with Crippen molar-refractivity contribution in [1.82, 2.24) is 4.90 Å². The highest BCUT2D eigenvalue weighted by Gasteiger charge is 2.12. The molecule has 0 aliphatic heterocycles. The summed E-state index contributed by atoms with van der Waals surface area (Å²) in [5.41, 5.74) is 0. The summed E-state index contributed by atoms with van der Waals surface area (Å²) in [7, 11) is 0. The first-order valence-corrected chi connectivity index (χ1v) is 4.61. The molecule has 1 atom stereocenters. The predicted octanol–water partition coefficient (Wildman–Crippen LogP) is 2.26. The molecule has 0 heterocycles. The molecule has 0 spiro atoms. The number of carbonyl (C=O) groups is 1. The fourth-order valence-corrected chi connectivity index (χ4v) is 0.812. The van der Waals surface area contributed by atoms with Gasteiger partial charge in [-0.2, -0.15) is 0 Å². The minimum absolute atomic E-state index is 0.0260. The molecule has 0 fully saturated rings. The third kappa shape index (κ3) is 3.60. The van der Waals surface area contributed by atoms with Gasteiger partial charge < -0.3 is 9.64 Å². The van der Waals surface area contributed by atoms with E-state index in [1.165, 1.54) is 0 Å². The normalized spacial score (nSPS) is 12.3. The van der Waals surface area contributed by atoms with Crippen molar-refractivity contribution >= 4 is 6.09 Å². The molecule has 3 nitrogen and oxygen atoms in total. The van der Waals surface area contributed by atoms with E-state index in [1.54, 1.807) is 4.90 Å². The maximum atomic E-state index is 11.3. The van der Waals surface area contributed by atoms with Gasteiger partial charge in [-0.15, -0.1) is 0 Å². The Balaban J connectivity index is 3.84. The Hall–Kier alpha value is -0.730. The lowest BCUT2D eigenvalue weighted by Gasteiger charge is -2.20. The van der Waals surface area contributed by atoms with E-state index in [0.717, 1.165) is 6.42 Å². The van der Waals surface area contributed by atoms with E-state index in [0.29, 0.717) is 13.1 Å². The number of nitrogens with zero attached hydrogens (tertiary/aromatic N) is 1. The second-order valence-electron chi connectivity index (χ2n) is 2.77. The minimum atomic E-state index is -0.200. The van der Waals surface area contributed by atoms with Crippen molar-refractivity contribution < 1.29 is 9.53 Å². The van der Waals surface area contributed by atoms with E-state index < -0.39 is 0 Å². The van der Waals surface area contributed by atoms with Gasteiger partial charge in [-0.05, 0) is 27.2 Å². The summed E-state index contributed by atoms with van der Waals surface area (Å²) in [6, 6.07) is 0. The van der Waals surface area contributed by atoms with Gasteiger partial charge >= 0.3 is 6.09 Å². The van der Waals surface area contributed by atoms with Gasteiger partial charge in [0.05, 0.1) is 0 Å². The van der Waals surface area contributed by atoms with Gasteiger partial charge in [-0.1, -0.05) is 6.92 Å². The molecule has 0 rings (SSSR count). The maximum Gasteiger partial charge on any atom is 0.409 e. The molecule has 12 heavy (non-hydrogen) atoms. The first-order valence-electron chi connectivity index (χ1n) is 4.61. The van der Waals surface area contributed by atoms with Crippen molar-refractivity contribution in [2.75, 3.05) is 13.1 Å². The molecule has 0 radical (unpaired) electrons. The highest BCUT2D eigenvalue weighted by molar-refractivity contribution is 5.67. The second-order valence-corrected chi connectivity index (χ2v) is 2.77. The Morgan fingerprint density at radius 2 is 1.83 bits per heavy atom. The summed E-state index contributed by atoms with van der Waals surface area (Å²) >= 11 is 0. The van der Waals surface area contributed by atoms with Crippen molar-refractivity contribution in [3.05, 3.63) is 0 Å². The van der Waals surface area contributed by atoms with Crippen molar-refractivity contribution in [2.24, 2.45) is 0 Å². The second kappa shape index (κ2) is 5.86. The van der Waals surface area contributed by atoms with Crippen LogP contribution in [0.25, 0.3) is 0 Å². The van der Waals surface area contributed by atoms with Gasteiger partial charge in [0.2, 0.25) is 0 Å². The molecule has 0 bridgehead atoms. The lowest BCUT2D eigenvalue weighted by atomic mass is 10.3. The van der Waals surface area contributed by atoms with E-state index in [2.05, 4.69) is 0 Å². The molecule has 0 aliphatic rings. The molecular formula is C9H19NO2. The van der Waals surface area contributed by atoms with E-state index in [9.17, 15) is 4.79 Å². The predicted molar refractivity (Wildman–Crippen MR) is 49.2 cm³/mol. The largest absolute Gasteiger partial charge is 0.446 e. The number of hydrogen-bond acceptors (Lipinski definition) is 2. The molecule has 1 unspecified atom stereocenters. The van der Waals surface area contributed by atoms with Crippen molar-refractivity contribution in [3.8, 4) is 0 Å². The van der Waals surface area contributed by atoms with Crippen LogP contribution in [-0.2, 0) is 4.74 Å². The van der Waals surface area contributed by atoms with Gasteiger partial charge in [0.15, 0.2) is 0 Å². The molecule has 0 aromatic carbocycles. The molecule has 0 aromatic heterocycles. The van der Waals surface area contributed by atoms with Crippen LogP contribution in [-0.4, -0.2) is 30.2 Å². The Bertz CT molecular complexity index is 132. The van der Waals surface area contributed by atoms with Gasteiger partial charge in [-0.3, -0.25) is 0 Å². The monoisotopic (exact) mass is 173 g/mol. The van der Waals surface area contributed by atoms with Crippen LogP contribution >= 0.6 is 0 Å². The van der Waals surface area contributed by atoms with E-state index in [-0.39, 0.29) is 12.2 Å². The third-order valence-electron chi connectivity index (χ3n) is 1.90. The number of hydrogen-bond donors (Lipinski definition) is 0. The van der Waals surface area contributed by atoms with Crippen LogP contribution in [0.2, 0.25) is 0 Å². The zero-order valence-corrected chi connectivity index (χ0v) is 8.46. The molecule has 1 amide bonds. The summed E-state index contributed by atoms with van der Waals surface area (Å²) in [5, 5.41) is 0. The molecule has 3 heteroatoms. The van der Waals surface area contributed by atoms with Crippen LogP contribution in [0.3, 0.4) is 0 Å². The smallest absolute Gasteiger partial charge is 0.409 e. The summed E-state index contributed by atoms with van der Waals surface area (Å²) in [4.78, 5) is 13.0. The number of ether oxygens (including phenoxy) is 1. The van der Waals surface area contributed by atoms with Crippen LogP contribution in [0.15, 0.2) is 0 Å². The van der Waals surface area contributed by atoms with E-state index in [4.69, 9.17) is 4.74 Å². The van der Waals surface area contributed by atoms with Crippen LogP contribution in [0.4, 0.5) is 4.79 Å². The van der Waals surface area contributed by atoms with Crippen molar-refractivity contribution in [2.45, 2.75) is 40.2 Å². The van der Waals surface area contributed by atoms with Crippen LogP contribution in [0, 0.1) is 0 Å².